The van der Waals surface area contributed by atoms with Crippen LogP contribution < -0.4 is 10.2 Å². The molecule has 1 heterocycles. The maximum absolute atomic E-state index is 12.9. The van der Waals surface area contributed by atoms with Gasteiger partial charge >= 0.3 is 0 Å². The molecule has 5 aliphatic rings. The highest BCUT2D eigenvalue weighted by Crippen LogP contribution is 2.61. The Hall–Kier alpha value is -1.93. The van der Waals surface area contributed by atoms with E-state index in [2.05, 4.69) is 5.32 Å². The van der Waals surface area contributed by atoms with Crippen LogP contribution in [0.25, 0.3) is 0 Å². The third-order valence-electron chi connectivity index (χ3n) is 7.99. The summed E-state index contributed by atoms with van der Waals surface area (Å²) in [6.07, 6.45) is 8.30. The Balaban J connectivity index is 1.16. The molecule has 0 aromatic heterocycles. The number of anilines is 1. The van der Waals surface area contributed by atoms with Gasteiger partial charge in [-0.15, -0.1) is 0 Å². The van der Waals surface area contributed by atoms with Crippen LogP contribution in [0.5, 0.6) is 0 Å². The number of rotatable bonds is 4. The number of carbonyl (C=O) groups is 1. The number of nitro groups is 1. The lowest BCUT2D eigenvalue weighted by molar-refractivity contribution is -0.384. The lowest BCUT2D eigenvalue weighted by Crippen LogP contribution is -2.54. The standard InChI is InChI=1S/C23H29ClN4O3S/c24-18-2-1-3-19(28(30)31)21(18)26-4-6-27(7-5-26)22(32)25-20(29)14-23-11-15-8-16(12-23)10-17(9-15)13-23/h1-3,15-17H,4-14H2,(H,25,29,32). The largest absolute Gasteiger partial charge is 0.361 e. The first-order valence-electron chi connectivity index (χ1n) is 11.6. The van der Waals surface area contributed by atoms with Crippen LogP contribution in [0, 0.1) is 33.3 Å². The van der Waals surface area contributed by atoms with Gasteiger partial charge in [0.1, 0.15) is 5.69 Å². The van der Waals surface area contributed by atoms with Crippen molar-refractivity contribution in [2.45, 2.75) is 44.9 Å². The molecule has 0 atom stereocenters. The molecule has 1 aliphatic heterocycles. The Morgan fingerprint density at radius 3 is 2.28 bits per heavy atom. The molecule has 6 rings (SSSR count). The summed E-state index contributed by atoms with van der Waals surface area (Å²) in [6, 6.07) is 4.74. The molecular formula is C23H29ClN4O3S. The van der Waals surface area contributed by atoms with E-state index in [0.717, 1.165) is 17.8 Å². The highest BCUT2D eigenvalue weighted by molar-refractivity contribution is 7.80. The minimum Gasteiger partial charge on any atom is -0.361 e. The number of amides is 1. The fourth-order valence-electron chi connectivity index (χ4n) is 7.19. The minimum absolute atomic E-state index is 0.0115. The molecule has 4 saturated carbocycles. The fraction of sp³-hybridized carbons (Fsp3) is 0.652. The molecule has 5 fully saturated rings. The van der Waals surface area contributed by atoms with Crippen LogP contribution >= 0.6 is 23.8 Å². The Labute approximate surface area is 198 Å². The van der Waals surface area contributed by atoms with Crippen molar-refractivity contribution >= 4 is 46.2 Å². The molecule has 0 radical (unpaired) electrons. The zero-order valence-electron chi connectivity index (χ0n) is 18.1. The van der Waals surface area contributed by atoms with Gasteiger partial charge in [-0.25, -0.2) is 0 Å². The molecule has 1 saturated heterocycles. The first-order chi connectivity index (χ1) is 15.3. The van der Waals surface area contributed by atoms with E-state index in [1.165, 1.54) is 44.6 Å². The van der Waals surface area contributed by atoms with Crippen LogP contribution in [-0.2, 0) is 4.79 Å². The lowest BCUT2D eigenvalue weighted by Gasteiger charge is -2.56. The van der Waals surface area contributed by atoms with E-state index in [1.54, 1.807) is 12.1 Å². The van der Waals surface area contributed by atoms with Gasteiger partial charge in [0.2, 0.25) is 5.91 Å². The van der Waals surface area contributed by atoms with E-state index in [4.69, 9.17) is 23.8 Å². The molecule has 9 heteroatoms. The Morgan fingerprint density at radius 2 is 1.72 bits per heavy atom. The van der Waals surface area contributed by atoms with Crippen LogP contribution in [0.15, 0.2) is 18.2 Å². The summed E-state index contributed by atoms with van der Waals surface area (Å²) >= 11 is 11.8. The van der Waals surface area contributed by atoms with Gasteiger partial charge in [0.25, 0.3) is 5.69 Å². The second-order valence-electron chi connectivity index (χ2n) is 10.3. The van der Waals surface area contributed by atoms with Gasteiger partial charge in [-0.2, -0.15) is 0 Å². The quantitative estimate of drug-likeness (QED) is 0.394. The SMILES string of the molecule is O=C(CC12CC3CC(CC(C3)C1)C2)NC(=S)N1CCN(c2c(Cl)cccc2[N+](=O)[O-])CC1. The fourth-order valence-corrected chi connectivity index (χ4v) is 7.77. The van der Waals surface area contributed by atoms with Crippen molar-refractivity contribution in [1.29, 1.82) is 0 Å². The van der Waals surface area contributed by atoms with Crippen molar-refractivity contribution in [3.8, 4) is 0 Å². The molecule has 7 nitrogen and oxygen atoms in total. The maximum atomic E-state index is 12.9. The van der Waals surface area contributed by atoms with Gasteiger partial charge in [0, 0.05) is 38.7 Å². The molecular weight excluding hydrogens is 448 g/mol. The number of nitrogens with zero attached hydrogens (tertiary/aromatic N) is 3. The average molecular weight is 477 g/mol. The molecule has 0 unspecified atom stereocenters. The van der Waals surface area contributed by atoms with Gasteiger partial charge in [-0.1, -0.05) is 17.7 Å². The normalized spacial score (nSPS) is 31.0. The number of halogens is 1. The average Bonchev–Trinajstić information content (AvgIpc) is 2.72. The summed E-state index contributed by atoms with van der Waals surface area (Å²) in [5.74, 6) is 2.51. The Bertz CT molecular complexity index is 912. The van der Waals surface area contributed by atoms with E-state index in [1.807, 2.05) is 9.80 Å². The zero-order chi connectivity index (χ0) is 22.5. The summed E-state index contributed by atoms with van der Waals surface area (Å²) in [7, 11) is 0. The predicted octanol–water partition coefficient (Wildman–Crippen LogP) is 4.38. The first kappa shape index (κ1) is 21.9. The van der Waals surface area contributed by atoms with E-state index in [9.17, 15) is 14.9 Å². The Morgan fingerprint density at radius 1 is 1.12 bits per heavy atom. The third kappa shape index (κ3) is 4.19. The van der Waals surface area contributed by atoms with Crippen molar-refractivity contribution in [1.82, 2.24) is 10.2 Å². The van der Waals surface area contributed by atoms with Gasteiger partial charge in [0.05, 0.1) is 9.95 Å². The van der Waals surface area contributed by atoms with Crippen molar-refractivity contribution in [2.24, 2.45) is 23.2 Å². The van der Waals surface area contributed by atoms with Crippen LogP contribution in [0.1, 0.15) is 44.9 Å². The highest BCUT2D eigenvalue weighted by atomic mass is 35.5. The van der Waals surface area contributed by atoms with Crippen LogP contribution in [0.3, 0.4) is 0 Å². The minimum atomic E-state index is -0.400. The summed E-state index contributed by atoms with van der Waals surface area (Å²) in [5, 5.41) is 15.2. The van der Waals surface area contributed by atoms with Crippen molar-refractivity contribution < 1.29 is 9.72 Å². The predicted molar refractivity (Wildman–Crippen MR) is 128 cm³/mol. The Kier molecular flexibility index (Phi) is 5.78. The number of nitro benzene ring substituents is 1. The van der Waals surface area contributed by atoms with E-state index in [-0.39, 0.29) is 17.0 Å². The molecule has 172 valence electrons. The maximum Gasteiger partial charge on any atom is 0.294 e. The summed E-state index contributed by atoms with van der Waals surface area (Å²) in [5.41, 5.74) is 0.656. The van der Waals surface area contributed by atoms with Crippen molar-refractivity contribution in [3.63, 3.8) is 0 Å². The van der Waals surface area contributed by atoms with Crippen molar-refractivity contribution in [2.75, 3.05) is 31.1 Å². The summed E-state index contributed by atoms with van der Waals surface area (Å²) < 4.78 is 0. The first-order valence-corrected chi connectivity index (χ1v) is 12.4. The number of piperazine rings is 1. The molecule has 1 aromatic rings. The van der Waals surface area contributed by atoms with Crippen LogP contribution in [-0.4, -0.2) is 47.0 Å². The third-order valence-corrected chi connectivity index (χ3v) is 8.66. The monoisotopic (exact) mass is 476 g/mol. The molecule has 32 heavy (non-hydrogen) atoms. The zero-order valence-corrected chi connectivity index (χ0v) is 19.7. The topological polar surface area (TPSA) is 78.7 Å². The molecule has 1 aromatic carbocycles. The molecule has 4 bridgehead atoms. The molecule has 4 aliphatic carbocycles. The van der Waals surface area contributed by atoms with Gasteiger partial charge in [-0.3, -0.25) is 14.9 Å². The number of hydrogen-bond acceptors (Lipinski definition) is 5. The molecule has 1 amide bonds. The number of thiocarbonyl (C=S) groups is 1. The van der Waals surface area contributed by atoms with Crippen molar-refractivity contribution in [3.05, 3.63) is 33.3 Å². The molecule has 0 spiro atoms. The van der Waals surface area contributed by atoms with Gasteiger partial charge < -0.3 is 15.1 Å². The summed E-state index contributed by atoms with van der Waals surface area (Å²) in [4.78, 5) is 27.8. The smallest absolute Gasteiger partial charge is 0.294 e. The van der Waals surface area contributed by atoms with Gasteiger partial charge in [-0.05, 0) is 80.0 Å². The number of para-hydroxylation sites is 1. The number of carbonyl (C=O) groups excluding carboxylic acids is 1. The molecule has 1 N–H and O–H groups in total. The second kappa shape index (κ2) is 8.45. The summed E-state index contributed by atoms with van der Waals surface area (Å²) in [6.45, 7) is 2.27. The highest BCUT2D eigenvalue weighted by Gasteiger charge is 2.51. The van der Waals surface area contributed by atoms with E-state index in [0.29, 0.717) is 48.4 Å². The number of nitrogens with one attached hydrogen (secondary N) is 1. The number of benzene rings is 1. The van der Waals surface area contributed by atoms with E-state index >= 15 is 0 Å². The van der Waals surface area contributed by atoms with Gasteiger partial charge in [0.15, 0.2) is 5.11 Å². The van der Waals surface area contributed by atoms with E-state index < -0.39 is 4.92 Å². The number of hydrogen-bond donors (Lipinski definition) is 1. The van der Waals surface area contributed by atoms with Crippen LogP contribution in [0.4, 0.5) is 11.4 Å². The second-order valence-corrected chi connectivity index (χ2v) is 11.1. The van der Waals surface area contributed by atoms with Crippen LogP contribution in [0.2, 0.25) is 5.02 Å². The lowest BCUT2D eigenvalue weighted by atomic mass is 9.49.